The van der Waals surface area contributed by atoms with Crippen molar-refractivity contribution in [2.45, 2.75) is 60.5 Å². The van der Waals surface area contributed by atoms with Crippen molar-refractivity contribution in [3.8, 4) is 5.75 Å². The molecule has 1 aromatic heterocycles. The average molecular weight is 264 g/mol. The molecule has 3 nitrogen and oxygen atoms in total. The molecule has 0 fully saturated rings. The van der Waals surface area contributed by atoms with E-state index < -0.39 is 0 Å². The van der Waals surface area contributed by atoms with Gasteiger partial charge in [0.1, 0.15) is 5.75 Å². The molecule has 0 spiro atoms. The first-order chi connectivity index (χ1) is 8.78. The smallest absolute Gasteiger partial charge is 0.127 e. The summed E-state index contributed by atoms with van der Waals surface area (Å²) in [6.07, 6.45) is 2.96. The lowest BCUT2D eigenvalue weighted by Gasteiger charge is -2.19. The Balaban J connectivity index is 2.66. The Bertz CT molecular complexity index is 394. The Morgan fingerprint density at radius 3 is 2.58 bits per heavy atom. The standard InChI is InChI=1S/C16H28N2O/c1-12(2)17-10-14-11-18-13(3)9-15(14)19-8-7-16(4,5)6/h9,11-12,17H,7-8,10H2,1-6H3. The topological polar surface area (TPSA) is 34.1 Å². The minimum absolute atomic E-state index is 0.304. The van der Waals surface area contributed by atoms with E-state index in [1.807, 2.05) is 19.2 Å². The molecule has 0 amide bonds. The highest BCUT2D eigenvalue weighted by Gasteiger charge is 2.11. The lowest BCUT2D eigenvalue weighted by molar-refractivity contribution is 0.240. The van der Waals surface area contributed by atoms with Crippen LogP contribution < -0.4 is 10.1 Å². The second-order valence-corrected chi connectivity index (χ2v) is 6.63. The Morgan fingerprint density at radius 2 is 2.00 bits per heavy atom. The van der Waals surface area contributed by atoms with Crippen molar-refractivity contribution in [3.05, 3.63) is 23.5 Å². The number of hydrogen-bond donors (Lipinski definition) is 1. The van der Waals surface area contributed by atoms with Crippen LogP contribution in [-0.4, -0.2) is 17.6 Å². The number of pyridine rings is 1. The Hall–Kier alpha value is -1.09. The number of aromatic nitrogens is 1. The monoisotopic (exact) mass is 264 g/mol. The van der Waals surface area contributed by atoms with Crippen molar-refractivity contribution in [3.63, 3.8) is 0 Å². The molecule has 108 valence electrons. The Labute approximate surface area is 117 Å². The Morgan fingerprint density at radius 1 is 1.32 bits per heavy atom. The lowest BCUT2D eigenvalue weighted by atomic mass is 9.93. The molecule has 0 radical (unpaired) electrons. The maximum atomic E-state index is 5.95. The van der Waals surface area contributed by atoms with Gasteiger partial charge in [0.25, 0.3) is 0 Å². The number of ether oxygens (including phenoxy) is 1. The van der Waals surface area contributed by atoms with Crippen LogP contribution in [0.1, 0.15) is 52.3 Å². The minimum atomic E-state index is 0.304. The fourth-order valence-electron chi connectivity index (χ4n) is 1.61. The molecular formula is C16H28N2O. The molecule has 0 unspecified atom stereocenters. The van der Waals surface area contributed by atoms with Gasteiger partial charge in [-0.05, 0) is 18.8 Å². The van der Waals surface area contributed by atoms with Gasteiger partial charge >= 0.3 is 0 Å². The quantitative estimate of drug-likeness (QED) is 0.850. The van der Waals surface area contributed by atoms with Gasteiger partial charge in [0, 0.05) is 36.1 Å². The molecule has 0 saturated heterocycles. The molecule has 0 aliphatic carbocycles. The maximum Gasteiger partial charge on any atom is 0.127 e. The lowest BCUT2D eigenvalue weighted by Crippen LogP contribution is -2.22. The summed E-state index contributed by atoms with van der Waals surface area (Å²) in [6, 6.07) is 2.49. The number of hydrogen-bond acceptors (Lipinski definition) is 3. The highest BCUT2D eigenvalue weighted by atomic mass is 16.5. The minimum Gasteiger partial charge on any atom is -0.493 e. The van der Waals surface area contributed by atoms with E-state index >= 15 is 0 Å². The largest absolute Gasteiger partial charge is 0.493 e. The van der Waals surface area contributed by atoms with Crippen LogP contribution in [0.5, 0.6) is 5.75 Å². The summed E-state index contributed by atoms with van der Waals surface area (Å²) in [5, 5.41) is 3.41. The van der Waals surface area contributed by atoms with Gasteiger partial charge in [-0.2, -0.15) is 0 Å². The second kappa shape index (κ2) is 6.90. The summed E-state index contributed by atoms with van der Waals surface area (Å²) in [6.45, 7) is 14.5. The van der Waals surface area contributed by atoms with Gasteiger partial charge in [-0.25, -0.2) is 0 Å². The second-order valence-electron chi connectivity index (χ2n) is 6.63. The molecule has 0 saturated carbocycles. The summed E-state index contributed by atoms with van der Waals surface area (Å²) >= 11 is 0. The van der Waals surface area contributed by atoms with E-state index in [2.05, 4.69) is 44.9 Å². The first kappa shape index (κ1) is 16.0. The summed E-state index contributed by atoms with van der Waals surface area (Å²) in [4.78, 5) is 4.35. The molecule has 0 aliphatic rings. The summed E-state index contributed by atoms with van der Waals surface area (Å²) < 4.78 is 5.95. The van der Waals surface area contributed by atoms with Gasteiger partial charge in [0.2, 0.25) is 0 Å². The normalized spacial score (nSPS) is 11.9. The van der Waals surface area contributed by atoms with E-state index in [9.17, 15) is 0 Å². The zero-order chi connectivity index (χ0) is 14.5. The van der Waals surface area contributed by atoms with Crippen molar-refractivity contribution in [2.75, 3.05) is 6.61 Å². The van der Waals surface area contributed by atoms with Gasteiger partial charge in [0.05, 0.1) is 6.61 Å². The van der Waals surface area contributed by atoms with Crippen LogP contribution in [0.15, 0.2) is 12.3 Å². The fraction of sp³-hybridized carbons (Fsp3) is 0.688. The fourth-order valence-corrected chi connectivity index (χ4v) is 1.61. The van der Waals surface area contributed by atoms with E-state index in [4.69, 9.17) is 4.74 Å². The van der Waals surface area contributed by atoms with E-state index in [1.54, 1.807) is 0 Å². The van der Waals surface area contributed by atoms with Crippen LogP contribution in [0.3, 0.4) is 0 Å². The van der Waals surface area contributed by atoms with E-state index in [-0.39, 0.29) is 0 Å². The van der Waals surface area contributed by atoms with Crippen LogP contribution in [0, 0.1) is 12.3 Å². The van der Waals surface area contributed by atoms with Gasteiger partial charge < -0.3 is 10.1 Å². The molecule has 0 atom stereocenters. The van der Waals surface area contributed by atoms with Crippen molar-refractivity contribution in [1.29, 1.82) is 0 Å². The molecule has 3 heteroatoms. The highest BCUT2D eigenvalue weighted by molar-refractivity contribution is 5.32. The molecule has 1 N–H and O–H groups in total. The molecule has 0 bridgehead atoms. The van der Waals surface area contributed by atoms with Gasteiger partial charge in [0.15, 0.2) is 0 Å². The molecule has 0 aliphatic heterocycles. The van der Waals surface area contributed by atoms with Crippen molar-refractivity contribution in [2.24, 2.45) is 5.41 Å². The summed E-state index contributed by atoms with van der Waals surface area (Å²) in [7, 11) is 0. The molecule has 0 aromatic carbocycles. The first-order valence-electron chi connectivity index (χ1n) is 7.09. The van der Waals surface area contributed by atoms with Gasteiger partial charge in [-0.3, -0.25) is 4.98 Å². The van der Waals surface area contributed by atoms with E-state index in [1.165, 1.54) is 0 Å². The molecule has 1 heterocycles. The third-order valence-electron chi connectivity index (χ3n) is 2.89. The van der Waals surface area contributed by atoms with Crippen LogP contribution in [0.25, 0.3) is 0 Å². The summed E-state index contributed by atoms with van der Waals surface area (Å²) in [5.41, 5.74) is 2.44. The average Bonchev–Trinajstić information content (AvgIpc) is 2.26. The number of nitrogens with one attached hydrogen (secondary N) is 1. The molecular weight excluding hydrogens is 236 g/mol. The third kappa shape index (κ3) is 6.58. The van der Waals surface area contributed by atoms with E-state index in [0.717, 1.165) is 36.6 Å². The molecule has 1 rings (SSSR count). The first-order valence-corrected chi connectivity index (χ1v) is 7.09. The predicted molar refractivity (Wildman–Crippen MR) is 80.5 cm³/mol. The van der Waals surface area contributed by atoms with Crippen LogP contribution >= 0.6 is 0 Å². The zero-order valence-corrected chi connectivity index (χ0v) is 13.2. The molecule has 1 aromatic rings. The zero-order valence-electron chi connectivity index (χ0n) is 13.2. The van der Waals surface area contributed by atoms with Gasteiger partial charge in [-0.15, -0.1) is 0 Å². The summed E-state index contributed by atoms with van der Waals surface area (Å²) in [5.74, 6) is 0.963. The maximum absolute atomic E-state index is 5.95. The number of rotatable bonds is 6. The predicted octanol–water partition coefficient (Wildman–Crippen LogP) is 3.70. The number of nitrogens with zero attached hydrogens (tertiary/aromatic N) is 1. The Kier molecular flexibility index (Phi) is 5.80. The molecule has 19 heavy (non-hydrogen) atoms. The van der Waals surface area contributed by atoms with Crippen molar-refractivity contribution in [1.82, 2.24) is 10.3 Å². The third-order valence-corrected chi connectivity index (χ3v) is 2.89. The van der Waals surface area contributed by atoms with Crippen LogP contribution in [0.4, 0.5) is 0 Å². The van der Waals surface area contributed by atoms with Crippen molar-refractivity contribution >= 4 is 0 Å². The van der Waals surface area contributed by atoms with Crippen LogP contribution in [0.2, 0.25) is 0 Å². The van der Waals surface area contributed by atoms with E-state index in [0.29, 0.717) is 11.5 Å². The number of aryl methyl sites for hydroxylation is 1. The van der Waals surface area contributed by atoms with Gasteiger partial charge in [-0.1, -0.05) is 34.6 Å². The van der Waals surface area contributed by atoms with Crippen LogP contribution in [-0.2, 0) is 6.54 Å². The highest BCUT2D eigenvalue weighted by Crippen LogP contribution is 2.22. The van der Waals surface area contributed by atoms with Crippen molar-refractivity contribution < 1.29 is 4.74 Å². The SMILES string of the molecule is Cc1cc(OCCC(C)(C)C)c(CNC(C)C)cn1.